The molecule has 7 heteroatoms. The van der Waals surface area contributed by atoms with Crippen LogP contribution in [-0.4, -0.2) is 52.4 Å². The molecule has 0 spiro atoms. The lowest BCUT2D eigenvalue weighted by molar-refractivity contribution is 0.0388. The van der Waals surface area contributed by atoms with E-state index < -0.39 is 0 Å². The summed E-state index contributed by atoms with van der Waals surface area (Å²) in [6.07, 6.45) is 8.85. The van der Waals surface area contributed by atoms with Crippen molar-refractivity contribution in [2.24, 2.45) is 5.92 Å². The van der Waals surface area contributed by atoms with Gasteiger partial charge in [0.05, 0.1) is 11.3 Å². The van der Waals surface area contributed by atoms with Crippen LogP contribution in [0.25, 0.3) is 0 Å². The third-order valence-electron chi connectivity index (χ3n) is 8.04. The van der Waals surface area contributed by atoms with E-state index in [1.165, 1.54) is 25.7 Å². The molecule has 1 aliphatic carbocycles. The number of fused-ring (bicyclic) bond motifs is 1. The van der Waals surface area contributed by atoms with Crippen molar-refractivity contribution < 1.29 is 9.59 Å². The highest BCUT2D eigenvalue weighted by molar-refractivity contribution is 6.30. The first-order chi connectivity index (χ1) is 17.0. The Hall–Kier alpha value is -2.60. The van der Waals surface area contributed by atoms with E-state index in [0.29, 0.717) is 35.8 Å². The molecule has 2 atom stereocenters. The Morgan fingerprint density at radius 3 is 2.54 bits per heavy atom. The smallest absolute Gasteiger partial charge is 0.321 e. The summed E-state index contributed by atoms with van der Waals surface area (Å²) in [6.45, 7) is 4.11. The predicted octanol–water partition coefficient (Wildman–Crippen LogP) is 6.25. The van der Waals surface area contributed by atoms with Crippen molar-refractivity contribution in [3.8, 4) is 0 Å². The van der Waals surface area contributed by atoms with Gasteiger partial charge in [0, 0.05) is 48.0 Å². The maximum Gasteiger partial charge on any atom is 0.321 e. The van der Waals surface area contributed by atoms with E-state index in [1.54, 1.807) is 12.1 Å². The minimum atomic E-state index is -0.115. The average molecular weight is 495 g/mol. The number of anilines is 1. The number of piperidine rings is 2. The number of nitrogens with zero attached hydrogens (tertiary/aromatic N) is 3. The molecule has 0 unspecified atom stereocenters. The Kier molecular flexibility index (Phi) is 7.28. The lowest BCUT2D eigenvalue weighted by Gasteiger charge is -2.44. The summed E-state index contributed by atoms with van der Waals surface area (Å²) in [6, 6.07) is 11.4. The van der Waals surface area contributed by atoms with Crippen molar-refractivity contribution in [1.82, 2.24) is 14.8 Å². The lowest BCUT2D eigenvalue weighted by atomic mass is 9.78. The number of amides is 3. The third-order valence-corrected chi connectivity index (χ3v) is 8.28. The monoisotopic (exact) mass is 494 g/mol. The van der Waals surface area contributed by atoms with Gasteiger partial charge < -0.3 is 15.1 Å². The summed E-state index contributed by atoms with van der Waals surface area (Å²) < 4.78 is 0. The number of nitrogens with one attached hydrogen (secondary N) is 1. The molecule has 0 radical (unpaired) electrons. The van der Waals surface area contributed by atoms with Crippen LogP contribution in [0.4, 0.5) is 10.5 Å². The number of carbonyl (C=O) groups is 2. The van der Waals surface area contributed by atoms with E-state index in [9.17, 15) is 9.59 Å². The highest BCUT2D eigenvalue weighted by Crippen LogP contribution is 2.37. The fourth-order valence-electron chi connectivity index (χ4n) is 6.23. The number of aromatic nitrogens is 1. The van der Waals surface area contributed by atoms with Crippen molar-refractivity contribution in [3.05, 3.63) is 58.4 Å². The summed E-state index contributed by atoms with van der Waals surface area (Å²) in [4.78, 5) is 35.5. The fourth-order valence-corrected chi connectivity index (χ4v) is 6.42. The molecular weight excluding hydrogens is 460 g/mol. The molecular formula is C28H35ClN4O2. The first-order valence-electron chi connectivity index (χ1n) is 13.1. The van der Waals surface area contributed by atoms with Gasteiger partial charge in [-0.1, -0.05) is 30.5 Å². The van der Waals surface area contributed by atoms with Gasteiger partial charge in [-0.25, -0.2) is 4.79 Å². The molecule has 2 aromatic rings. The van der Waals surface area contributed by atoms with Crippen LogP contribution in [0.2, 0.25) is 5.02 Å². The molecule has 5 rings (SSSR count). The number of halogens is 1. The Morgan fingerprint density at radius 1 is 0.971 bits per heavy atom. The second kappa shape index (κ2) is 10.6. The van der Waals surface area contributed by atoms with Gasteiger partial charge in [0.25, 0.3) is 5.91 Å². The van der Waals surface area contributed by atoms with Gasteiger partial charge in [0.1, 0.15) is 0 Å². The van der Waals surface area contributed by atoms with E-state index in [4.69, 9.17) is 16.6 Å². The first-order valence-corrected chi connectivity index (χ1v) is 13.5. The first kappa shape index (κ1) is 24.1. The number of urea groups is 1. The van der Waals surface area contributed by atoms with Crippen LogP contribution in [0.3, 0.4) is 0 Å². The SMILES string of the molecule is Cc1ccc(C(=O)N2CCC[C@@H]3CCCC[C@@H]32)c(C2CCN(C(=O)Nc3cccc(Cl)c3)CC2)n1. The number of pyridine rings is 1. The van der Waals surface area contributed by atoms with Gasteiger partial charge in [-0.3, -0.25) is 9.78 Å². The summed E-state index contributed by atoms with van der Waals surface area (Å²) in [5.41, 5.74) is 3.32. The maximum atomic E-state index is 13.8. The van der Waals surface area contributed by atoms with Crippen LogP contribution in [0.5, 0.6) is 0 Å². The number of benzene rings is 1. The number of hydrogen-bond donors (Lipinski definition) is 1. The molecule has 2 aliphatic heterocycles. The fraction of sp³-hybridized carbons (Fsp3) is 0.536. The standard InChI is InChI=1S/C28H35ClN4O2/c1-19-11-12-24(27(34)33-15-5-7-20-6-2-3-10-25(20)33)26(30-19)21-13-16-32(17-14-21)28(35)31-23-9-4-8-22(29)18-23/h4,8-9,11-12,18,20-21,25H,2-3,5-7,10,13-17H2,1H3,(H,31,35)/t20-,25-/m0/s1. The second-order valence-electron chi connectivity index (χ2n) is 10.3. The summed E-state index contributed by atoms with van der Waals surface area (Å²) in [5.74, 6) is 0.991. The molecule has 3 heterocycles. The molecule has 186 valence electrons. The molecule has 6 nitrogen and oxygen atoms in total. The summed E-state index contributed by atoms with van der Waals surface area (Å²) >= 11 is 6.05. The van der Waals surface area contributed by atoms with Crippen LogP contribution >= 0.6 is 11.6 Å². The van der Waals surface area contributed by atoms with Gasteiger partial charge in [-0.15, -0.1) is 0 Å². The minimum absolute atomic E-state index is 0.115. The van der Waals surface area contributed by atoms with Gasteiger partial charge in [-0.2, -0.15) is 0 Å². The Balaban J connectivity index is 1.28. The van der Waals surface area contributed by atoms with Crippen LogP contribution in [-0.2, 0) is 0 Å². The number of aryl methyl sites for hydroxylation is 1. The normalized spacial score (nSPS) is 23.0. The zero-order valence-corrected chi connectivity index (χ0v) is 21.3. The van der Waals surface area contributed by atoms with E-state index in [1.807, 2.05) is 36.1 Å². The van der Waals surface area contributed by atoms with Crippen molar-refractivity contribution >= 4 is 29.2 Å². The van der Waals surface area contributed by atoms with Crippen LogP contribution in [0.1, 0.15) is 79.0 Å². The quantitative estimate of drug-likeness (QED) is 0.548. The number of likely N-dealkylation sites (tertiary alicyclic amines) is 2. The summed E-state index contributed by atoms with van der Waals surface area (Å²) in [5, 5.41) is 3.54. The van der Waals surface area contributed by atoms with Gasteiger partial charge >= 0.3 is 6.03 Å². The van der Waals surface area contributed by atoms with E-state index >= 15 is 0 Å². The van der Waals surface area contributed by atoms with Crippen molar-refractivity contribution in [2.45, 2.75) is 70.3 Å². The van der Waals surface area contributed by atoms with Crippen LogP contribution in [0.15, 0.2) is 36.4 Å². The van der Waals surface area contributed by atoms with Crippen molar-refractivity contribution in [3.63, 3.8) is 0 Å². The van der Waals surface area contributed by atoms with Gasteiger partial charge in [0.15, 0.2) is 0 Å². The van der Waals surface area contributed by atoms with Gasteiger partial charge in [-0.05, 0) is 81.7 Å². The average Bonchev–Trinajstić information content (AvgIpc) is 2.88. The zero-order chi connectivity index (χ0) is 24.4. The molecule has 2 saturated heterocycles. The molecule has 3 fully saturated rings. The predicted molar refractivity (Wildman–Crippen MR) is 139 cm³/mol. The zero-order valence-electron chi connectivity index (χ0n) is 20.5. The molecule has 3 amide bonds. The van der Waals surface area contributed by atoms with Crippen LogP contribution < -0.4 is 5.32 Å². The number of rotatable bonds is 3. The van der Waals surface area contributed by atoms with E-state index in [2.05, 4.69) is 10.2 Å². The highest BCUT2D eigenvalue weighted by Gasteiger charge is 2.37. The third kappa shape index (κ3) is 5.32. The lowest BCUT2D eigenvalue weighted by Crippen LogP contribution is -2.50. The van der Waals surface area contributed by atoms with E-state index in [-0.39, 0.29) is 17.9 Å². The molecule has 35 heavy (non-hydrogen) atoms. The molecule has 3 aliphatic rings. The largest absolute Gasteiger partial charge is 0.335 e. The van der Waals surface area contributed by atoms with E-state index in [0.717, 1.165) is 49.2 Å². The molecule has 1 saturated carbocycles. The minimum Gasteiger partial charge on any atom is -0.335 e. The van der Waals surface area contributed by atoms with Crippen LogP contribution in [0, 0.1) is 12.8 Å². The van der Waals surface area contributed by atoms with Crippen molar-refractivity contribution in [2.75, 3.05) is 25.0 Å². The van der Waals surface area contributed by atoms with Gasteiger partial charge in [0.2, 0.25) is 0 Å². The molecule has 0 bridgehead atoms. The molecule has 1 aromatic carbocycles. The number of carbonyl (C=O) groups excluding carboxylic acids is 2. The molecule has 1 aromatic heterocycles. The Bertz CT molecular complexity index is 1080. The topological polar surface area (TPSA) is 65.5 Å². The Labute approximate surface area is 213 Å². The second-order valence-corrected chi connectivity index (χ2v) is 10.8. The molecule has 1 N–H and O–H groups in total. The Morgan fingerprint density at radius 2 is 1.74 bits per heavy atom. The number of hydrogen-bond acceptors (Lipinski definition) is 3. The highest BCUT2D eigenvalue weighted by atomic mass is 35.5. The maximum absolute atomic E-state index is 13.8. The summed E-state index contributed by atoms with van der Waals surface area (Å²) in [7, 11) is 0. The van der Waals surface area contributed by atoms with Crippen molar-refractivity contribution in [1.29, 1.82) is 0 Å².